The summed E-state index contributed by atoms with van der Waals surface area (Å²) in [5.41, 5.74) is 1.09. The monoisotopic (exact) mass is 345 g/mol. The summed E-state index contributed by atoms with van der Waals surface area (Å²) in [6, 6.07) is 13.1. The van der Waals surface area contributed by atoms with Crippen LogP contribution in [0.25, 0.3) is 0 Å². The predicted octanol–water partition coefficient (Wildman–Crippen LogP) is 3.29. The van der Waals surface area contributed by atoms with Crippen molar-refractivity contribution in [3.05, 3.63) is 65.5 Å². The van der Waals surface area contributed by atoms with Gasteiger partial charge < -0.3 is 15.2 Å². The number of halogens is 1. The van der Waals surface area contributed by atoms with Crippen molar-refractivity contribution in [1.29, 1.82) is 0 Å². The van der Waals surface area contributed by atoms with Crippen LogP contribution in [0.3, 0.4) is 0 Å². The average molecular weight is 345 g/mol. The standard InChI is InChI=1S/C20H24FNO3/c1-14(23)15-5-4-6-19(11-15)25-13-18(24)12-22-20(2,3)16-7-9-17(21)10-8-16/h4-11,18,22,24H,12-13H2,1-3H3. The van der Waals surface area contributed by atoms with Gasteiger partial charge in [0.15, 0.2) is 5.78 Å². The van der Waals surface area contributed by atoms with Crippen LogP contribution in [0.15, 0.2) is 48.5 Å². The molecule has 0 aliphatic rings. The molecule has 0 bridgehead atoms. The smallest absolute Gasteiger partial charge is 0.159 e. The first-order valence-electron chi connectivity index (χ1n) is 8.21. The zero-order valence-corrected chi connectivity index (χ0v) is 14.8. The number of aliphatic hydroxyl groups is 1. The number of ether oxygens (including phenoxy) is 1. The SMILES string of the molecule is CC(=O)c1cccc(OCC(O)CNC(C)(C)c2ccc(F)cc2)c1. The van der Waals surface area contributed by atoms with Crippen molar-refractivity contribution in [2.45, 2.75) is 32.4 Å². The van der Waals surface area contributed by atoms with Gasteiger partial charge in [-0.1, -0.05) is 24.3 Å². The summed E-state index contributed by atoms with van der Waals surface area (Å²) >= 11 is 0. The van der Waals surface area contributed by atoms with E-state index in [0.717, 1.165) is 5.56 Å². The van der Waals surface area contributed by atoms with E-state index in [4.69, 9.17) is 4.74 Å². The summed E-state index contributed by atoms with van der Waals surface area (Å²) < 4.78 is 18.6. The molecular weight excluding hydrogens is 321 g/mol. The summed E-state index contributed by atoms with van der Waals surface area (Å²) in [4.78, 5) is 11.4. The molecule has 1 unspecified atom stereocenters. The Kier molecular flexibility index (Phi) is 6.28. The molecule has 0 aromatic heterocycles. The van der Waals surface area contributed by atoms with E-state index in [9.17, 15) is 14.3 Å². The summed E-state index contributed by atoms with van der Waals surface area (Å²) in [5.74, 6) is 0.235. The lowest BCUT2D eigenvalue weighted by molar-refractivity contribution is 0.0981. The highest BCUT2D eigenvalue weighted by molar-refractivity contribution is 5.94. The third-order valence-corrected chi connectivity index (χ3v) is 4.03. The highest BCUT2D eigenvalue weighted by atomic mass is 19.1. The Morgan fingerprint density at radius 3 is 2.56 bits per heavy atom. The Hall–Kier alpha value is -2.24. The van der Waals surface area contributed by atoms with E-state index < -0.39 is 11.6 Å². The maximum atomic E-state index is 13.0. The van der Waals surface area contributed by atoms with Gasteiger partial charge >= 0.3 is 0 Å². The fourth-order valence-electron chi connectivity index (χ4n) is 2.40. The number of Topliss-reactive ketones (excluding diaryl/α,β-unsaturated/α-hetero) is 1. The van der Waals surface area contributed by atoms with E-state index in [1.54, 1.807) is 36.4 Å². The van der Waals surface area contributed by atoms with Gasteiger partial charge in [0.05, 0.1) is 0 Å². The van der Waals surface area contributed by atoms with Gasteiger partial charge in [0, 0.05) is 17.6 Å². The Labute approximate surface area is 147 Å². The first-order valence-corrected chi connectivity index (χ1v) is 8.21. The van der Waals surface area contributed by atoms with Crippen molar-refractivity contribution in [1.82, 2.24) is 5.32 Å². The molecule has 0 aliphatic carbocycles. The number of nitrogens with one attached hydrogen (secondary N) is 1. The van der Waals surface area contributed by atoms with Crippen molar-refractivity contribution < 1.29 is 19.0 Å². The van der Waals surface area contributed by atoms with Gasteiger partial charge in [0.1, 0.15) is 24.3 Å². The third-order valence-electron chi connectivity index (χ3n) is 4.03. The quantitative estimate of drug-likeness (QED) is 0.721. The molecule has 0 saturated carbocycles. The fourth-order valence-corrected chi connectivity index (χ4v) is 2.40. The molecule has 1 atom stereocenters. The van der Waals surface area contributed by atoms with Crippen molar-refractivity contribution in [3.63, 3.8) is 0 Å². The average Bonchev–Trinajstić information content (AvgIpc) is 2.59. The number of carbonyl (C=O) groups is 1. The van der Waals surface area contributed by atoms with E-state index in [1.165, 1.54) is 19.1 Å². The molecule has 0 spiro atoms. The summed E-state index contributed by atoms with van der Waals surface area (Å²) in [7, 11) is 0. The Balaban J connectivity index is 1.85. The van der Waals surface area contributed by atoms with E-state index in [1.807, 2.05) is 13.8 Å². The third kappa shape index (κ3) is 5.66. The van der Waals surface area contributed by atoms with Crippen LogP contribution in [-0.2, 0) is 5.54 Å². The van der Waals surface area contributed by atoms with E-state index in [0.29, 0.717) is 17.9 Å². The molecule has 5 heteroatoms. The largest absolute Gasteiger partial charge is 0.491 e. The van der Waals surface area contributed by atoms with E-state index >= 15 is 0 Å². The molecule has 4 nitrogen and oxygen atoms in total. The topological polar surface area (TPSA) is 58.6 Å². The number of hydrogen-bond acceptors (Lipinski definition) is 4. The zero-order chi connectivity index (χ0) is 18.4. The van der Waals surface area contributed by atoms with Gasteiger partial charge in [-0.15, -0.1) is 0 Å². The van der Waals surface area contributed by atoms with E-state index in [-0.39, 0.29) is 18.2 Å². The predicted molar refractivity (Wildman–Crippen MR) is 95.4 cm³/mol. The highest BCUT2D eigenvalue weighted by Gasteiger charge is 2.21. The summed E-state index contributed by atoms with van der Waals surface area (Å²) in [6.07, 6.45) is -0.722. The molecule has 0 amide bonds. The molecule has 2 rings (SSSR count). The number of ketones is 1. The fraction of sp³-hybridized carbons (Fsp3) is 0.350. The van der Waals surface area contributed by atoms with Crippen LogP contribution < -0.4 is 10.1 Å². The normalized spacial score (nSPS) is 12.7. The molecule has 0 fully saturated rings. The Morgan fingerprint density at radius 2 is 1.92 bits per heavy atom. The second-order valence-corrected chi connectivity index (χ2v) is 6.56. The molecule has 0 heterocycles. The summed E-state index contributed by atoms with van der Waals surface area (Å²) in [5, 5.41) is 13.4. The molecule has 0 radical (unpaired) electrons. The van der Waals surface area contributed by atoms with Gasteiger partial charge in [0.2, 0.25) is 0 Å². The van der Waals surface area contributed by atoms with Gasteiger partial charge in [-0.2, -0.15) is 0 Å². The van der Waals surface area contributed by atoms with Crippen LogP contribution in [0.5, 0.6) is 5.75 Å². The number of rotatable bonds is 8. The first kappa shape index (κ1) is 19.1. The molecule has 134 valence electrons. The molecular formula is C20H24FNO3. The number of carbonyl (C=O) groups excluding carboxylic acids is 1. The molecule has 2 aromatic carbocycles. The van der Waals surface area contributed by atoms with Crippen LogP contribution >= 0.6 is 0 Å². The van der Waals surface area contributed by atoms with Crippen molar-refractivity contribution >= 4 is 5.78 Å². The van der Waals surface area contributed by atoms with Crippen LogP contribution in [0.2, 0.25) is 0 Å². The van der Waals surface area contributed by atoms with Gasteiger partial charge in [-0.3, -0.25) is 4.79 Å². The first-order chi connectivity index (χ1) is 11.8. The van der Waals surface area contributed by atoms with Crippen molar-refractivity contribution in [2.75, 3.05) is 13.2 Å². The second-order valence-electron chi connectivity index (χ2n) is 6.56. The molecule has 2 N–H and O–H groups in total. The minimum Gasteiger partial charge on any atom is -0.491 e. The lowest BCUT2D eigenvalue weighted by Gasteiger charge is -2.28. The van der Waals surface area contributed by atoms with Crippen molar-refractivity contribution in [2.24, 2.45) is 0 Å². The lowest BCUT2D eigenvalue weighted by Crippen LogP contribution is -2.42. The van der Waals surface area contributed by atoms with Crippen LogP contribution in [0.4, 0.5) is 4.39 Å². The van der Waals surface area contributed by atoms with Crippen LogP contribution in [0, 0.1) is 5.82 Å². The van der Waals surface area contributed by atoms with Crippen molar-refractivity contribution in [3.8, 4) is 5.75 Å². The zero-order valence-electron chi connectivity index (χ0n) is 14.8. The maximum Gasteiger partial charge on any atom is 0.159 e. The van der Waals surface area contributed by atoms with Gasteiger partial charge in [0.25, 0.3) is 0 Å². The van der Waals surface area contributed by atoms with Crippen LogP contribution in [0.1, 0.15) is 36.7 Å². The number of hydrogen-bond donors (Lipinski definition) is 2. The highest BCUT2D eigenvalue weighted by Crippen LogP contribution is 2.20. The Bertz CT molecular complexity index is 713. The summed E-state index contributed by atoms with van der Waals surface area (Å²) in [6.45, 7) is 5.84. The van der Waals surface area contributed by atoms with Crippen LogP contribution in [-0.4, -0.2) is 30.1 Å². The lowest BCUT2D eigenvalue weighted by atomic mass is 9.94. The second kappa shape index (κ2) is 8.23. The molecule has 2 aromatic rings. The molecule has 0 aliphatic heterocycles. The maximum absolute atomic E-state index is 13.0. The minimum atomic E-state index is -0.722. The van der Waals surface area contributed by atoms with Gasteiger partial charge in [-0.25, -0.2) is 4.39 Å². The minimum absolute atomic E-state index is 0.0336. The van der Waals surface area contributed by atoms with Gasteiger partial charge in [-0.05, 0) is 50.6 Å². The Morgan fingerprint density at radius 1 is 1.24 bits per heavy atom. The number of benzene rings is 2. The van der Waals surface area contributed by atoms with E-state index in [2.05, 4.69) is 5.32 Å². The molecule has 25 heavy (non-hydrogen) atoms. The number of aliphatic hydroxyl groups excluding tert-OH is 1. The molecule has 0 saturated heterocycles.